The Hall–Kier alpha value is -2.72. The molecule has 1 aromatic rings. The molecular formula is C27H36N4O3. The minimum atomic E-state index is -0.239. The molecule has 2 bridgehead atoms. The Balaban J connectivity index is 1.26. The van der Waals surface area contributed by atoms with Crippen molar-refractivity contribution in [2.24, 2.45) is 0 Å². The number of hydrogen-bond acceptors (Lipinski definition) is 4. The number of nitrogens with zero attached hydrogens (tertiary/aromatic N) is 4. The lowest BCUT2D eigenvalue weighted by Gasteiger charge is -2.51. The number of para-hydroxylation sites is 1. The molecule has 4 aliphatic heterocycles. The van der Waals surface area contributed by atoms with Crippen molar-refractivity contribution in [2.45, 2.75) is 68.5 Å². The third kappa shape index (κ3) is 3.92. The van der Waals surface area contributed by atoms with E-state index in [4.69, 9.17) is 11.2 Å². The van der Waals surface area contributed by atoms with Gasteiger partial charge in [0, 0.05) is 49.9 Å². The highest BCUT2D eigenvalue weighted by Gasteiger charge is 2.48. The fraction of sp³-hybridized carbons (Fsp3) is 0.630. The largest absolute Gasteiger partial charge is 0.436 e. The van der Waals surface area contributed by atoms with Gasteiger partial charge in [-0.15, -0.1) is 6.42 Å². The Kier molecular flexibility index (Phi) is 6.20. The monoisotopic (exact) mass is 464 g/mol. The summed E-state index contributed by atoms with van der Waals surface area (Å²) in [5.74, 6) is 2.40. The highest BCUT2D eigenvalue weighted by molar-refractivity contribution is 5.93. The number of ether oxygens (including phenoxy) is 1. The molecule has 3 saturated heterocycles. The number of piperidine rings is 2. The number of rotatable bonds is 2. The van der Waals surface area contributed by atoms with E-state index in [2.05, 4.69) is 29.0 Å². The van der Waals surface area contributed by atoms with Crippen molar-refractivity contribution in [3.63, 3.8) is 0 Å². The fourth-order valence-corrected chi connectivity index (χ4v) is 6.94. The van der Waals surface area contributed by atoms with Gasteiger partial charge >= 0.3 is 12.1 Å². The molecule has 3 fully saturated rings. The second kappa shape index (κ2) is 9.14. The lowest BCUT2D eigenvalue weighted by Crippen LogP contribution is -2.56. The van der Waals surface area contributed by atoms with Gasteiger partial charge in [0.15, 0.2) is 6.61 Å². The average Bonchev–Trinajstić information content (AvgIpc) is 3.12. The van der Waals surface area contributed by atoms with Gasteiger partial charge in [0.2, 0.25) is 0 Å². The molecule has 1 aromatic carbocycles. The number of hydrogen-bond donors (Lipinski definition) is 0. The van der Waals surface area contributed by atoms with Gasteiger partial charge in [-0.25, -0.2) is 9.59 Å². The van der Waals surface area contributed by atoms with Crippen molar-refractivity contribution in [3.05, 3.63) is 29.8 Å². The summed E-state index contributed by atoms with van der Waals surface area (Å²) in [5.41, 5.74) is 2.56. The molecule has 0 aromatic heterocycles. The van der Waals surface area contributed by atoms with Crippen LogP contribution in [0.1, 0.15) is 50.5 Å². The Morgan fingerprint density at radius 1 is 1.06 bits per heavy atom. The van der Waals surface area contributed by atoms with Crippen molar-refractivity contribution >= 4 is 17.8 Å². The Morgan fingerprint density at radius 3 is 2.35 bits per heavy atom. The quantitative estimate of drug-likeness (QED) is 0.627. The molecule has 2 atom stereocenters. The van der Waals surface area contributed by atoms with Crippen LogP contribution in [0.5, 0.6) is 0 Å². The number of fused-ring (bicyclic) bond motifs is 4. The van der Waals surface area contributed by atoms with Crippen molar-refractivity contribution in [1.29, 1.82) is 0 Å². The van der Waals surface area contributed by atoms with Gasteiger partial charge in [0.25, 0.3) is 0 Å². The summed E-state index contributed by atoms with van der Waals surface area (Å²) >= 11 is 0. The number of anilines is 1. The SMILES string of the molecule is C#CCOC(=O)N1C2CCC1CC(N1CCC3(CCN(C(=O)N(C)C)c4ccccc43)CC1)C2. The molecule has 0 radical (unpaired) electrons. The van der Waals surface area contributed by atoms with Crippen molar-refractivity contribution in [1.82, 2.24) is 14.7 Å². The molecule has 7 heteroatoms. The van der Waals surface area contributed by atoms with E-state index in [-0.39, 0.29) is 36.2 Å². The van der Waals surface area contributed by atoms with Crippen LogP contribution in [0.3, 0.4) is 0 Å². The highest BCUT2D eigenvalue weighted by Crippen LogP contribution is 2.48. The molecule has 4 heterocycles. The molecule has 0 saturated carbocycles. The predicted molar refractivity (Wildman–Crippen MR) is 132 cm³/mol. The minimum absolute atomic E-state index is 0.0471. The zero-order valence-electron chi connectivity index (χ0n) is 20.4. The topological polar surface area (TPSA) is 56.3 Å². The summed E-state index contributed by atoms with van der Waals surface area (Å²) in [6.07, 6.45) is 12.5. The fourth-order valence-electron chi connectivity index (χ4n) is 6.94. The van der Waals surface area contributed by atoms with Crippen molar-refractivity contribution in [3.8, 4) is 12.3 Å². The standard InChI is InChI=1S/C27H36N4O3/c1-4-17-34-26(33)31-20-9-10-21(31)19-22(18-20)29-14-11-27(12-15-29)13-16-30(25(32)28(2)3)24-8-6-5-7-23(24)27/h1,5-8,20-22H,9-19H2,2-3H3. The zero-order valence-corrected chi connectivity index (χ0v) is 20.4. The lowest BCUT2D eigenvalue weighted by atomic mass is 9.67. The molecule has 7 nitrogen and oxygen atoms in total. The number of carbonyl (C=O) groups excluding carboxylic acids is 2. The Labute approximate surface area is 203 Å². The van der Waals surface area contributed by atoms with Crippen LogP contribution in [-0.4, -0.2) is 85.3 Å². The van der Waals surface area contributed by atoms with E-state index in [1.54, 1.807) is 4.90 Å². The maximum Gasteiger partial charge on any atom is 0.411 e. The molecule has 0 aliphatic carbocycles. The van der Waals surface area contributed by atoms with Crippen LogP contribution in [-0.2, 0) is 10.2 Å². The zero-order chi connectivity index (χ0) is 23.9. The highest BCUT2D eigenvalue weighted by atomic mass is 16.6. The molecule has 4 aliphatic rings. The van der Waals surface area contributed by atoms with Gasteiger partial charge in [-0.2, -0.15) is 0 Å². The van der Waals surface area contributed by atoms with Crippen LogP contribution in [0.25, 0.3) is 0 Å². The maximum atomic E-state index is 12.8. The van der Waals surface area contributed by atoms with E-state index >= 15 is 0 Å². The average molecular weight is 465 g/mol. The van der Waals surface area contributed by atoms with E-state index in [0.29, 0.717) is 6.04 Å². The smallest absolute Gasteiger partial charge is 0.411 e. The molecule has 5 rings (SSSR count). The van der Waals surface area contributed by atoms with Crippen LogP contribution >= 0.6 is 0 Å². The van der Waals surface area contributed by atoms with Crippen LogP contribution in [0.15, 0.2) is 24.3 Å². The van der Waals surface area contributed by atoms with E-state index in [1.807, 2.05) is 30.0 Å². The van der Waals surface area contributed by atoms with E-state index in [1.165, 1.54) is 5.56 Å². The Bertz CT molecular complexity index is 964. The molecular weight excluding hydrogens is 428 g/mol. The molecule has 3 amide bonds. The maximum absolute atomic E-state index is 12.8. The summed E-state index contributed by atoms with van der Waals surface area (Å²) in [5, 5.41) is 0. The molecule has 182 valence electrons. The normalized spacial score (nSPS) is 27.7. The molecule has 2 unspecified atom stereocenters. The van der Waals surface area contributed by atoms with Gasteiger partial charge in [-0.1, -0.05) is 24.1 Å². The number of likely N-dealkylation sites (tertiary alicyclic amines) is 1. The van der Waals surface area contributed by atoms with Crippen molar-refractivity contribution in [2.75, 3.05) is 45.2 Å². The number of benzene rings is 1. The van der Waals surface area contributed by atoms with Crippen LogP contribution in [0.4, 0.5) is 15.3 Å². The summed E-state index contributed by atoms with van der Waals surface area (Å²) < 4.78 is 5.25. The third-order valence-corrected chi connectivity index (χ3v) is 8.66. The van der Waals surface area contributed by atoms with E-state index < -0.39 is 0 Å². The van der Waals surface area contributed by atoms with Gasteiger partial charge in [-0.3, -0.25) is 4.90 Å². The van der Waals surface area contributed by atoms with Crippen LogP contribution < -0.4 is 4.90 Å². The van der Waals surface area contributed by atoms with Crippen LogP contribution in [0, 0.1) is 12.3 Å². The number of amides is 3. The van der Waals surface area contributed by atoms with Crippen molar-refractivity contribution < 1.29 is 14.3 Å². The summed E-state index contributed by atoms with van der Waals surface area (Å²) in [7, 11) is 3.64. The third-order valence-electron chi connectivity index (χ3n) is 8.66. The molecule has 1 spiro atoms. The second-order valence-electron chi connectivity index (χ2n) is 10.6. The minimum Gasteiger partial charge on any atom is -0.436 e. The summed E-state index contributed by atoms with van der Waals surface area (Å²) in [6.45, 7) is 2.96. The lowest BCUT2D eigenvalue weighted by molar-refractivity contribution is 0.0278. The second-order valence-corrected chi connectivity index (χ2v) is 10.6. The van der Waals surface area contributed by atoms with Gasteiger partial charge in [0.05, 0.1) is 0 Å². The molecule has 0 N–H and O–H groups in total. The van der Waals surface area contributed by atoms with Gasteiger partial charge in [-0.05, 0) is 69.7 Å². The first-order valence-electron chi connectivity index (χ1n) is 12.6. The first kappa shape index (κ1) is 23.0. The van der Waals surface area contributed by atoms with E-state index in [0.717, 1.165) is 70.3 Å². The van der Waals surface area contributed by atoms with E-state index in [9.17, 15) is 9.59 Å². The summed E-state index contributed by atoms with van der Waals surface area (Å²) in [4.78, 5) is 33.5. The van der Waals surface area contributed by atoms with Gasteiger partial charge in [0.1, 0.15) is 0 Å². The first-order valence-corrected chi connectivity index (χ1v) is 12.6. The van der Waals surface area contributed by atoms with Gasteiger partial charge < -0.3 is 19.4 Å². The number of terminal acetylenes is 1. The first-order chi connectivity index (χ1) is 16.4. The molecule has 34 heavy (non-hydrogen) atoms. The summed E-state index contributed by atoms with van der Waals surface area (Å²) in [6, 6.07) is 9.62. The number of carbonyl (C=O) groups is 2. The Morgan fingerprint density at radius 2 is 1.71 bits per heavy atom. The van der Waals surface area contributed by atoms with Crippen LogP contribution in [0.2, 0.25) is 0 Å². The number of urea groups is 1. The predicted octanol–water partition coefficient (Wildman–Crippen LogP) is 3.68.